The number of rotatable bonds is 2. The number of carbonyl (C=O) groups is 1. The van der Waals surface area contributed by atoms with Crippen molar-refractivity contribution < 1.29 is 4.79 Å². The molecule has 0 saturated carbocycles. The number of urea groups is 1. The lowest BCUT2D eigenvalue weighted by Crippen LogP contribution is -2.31. The molecule has 1 N–H and O–H groups in total. The van der Waals surface area contributed by atoms with Crippen LogP contribution in [-0.2, 0) is 0 Å². The van der Waals surface area contributed by atoms with E-state index in [4.69, 9.17) is 5.26 Å². The van der Waals surface area contributed by atoms with Gasteiger partial charge >= 0.3 is 6.03 Å². The summed E-state index contributed by atoms with van der Waals surface area (Å²) >= 11 is 0. The summed E-state index contributed by atoms with van der Waals surface area (Å²) in [5, 5.41) is 11.5. The molecule has 0 aliphatic rings. The van der Waals surface area contributed by atoms with E-state index in [-0.39, 0.29) is 6.03 Å². The van der Waals surface area contributed by atoms with Crippen LogP contribution in [0.3, 0.4) is 0 Å². The molecule has 4 heteroatoms. The zero-order chi connectivity index (χ0) is 13.7. The molecule has 19 heavy (non-hydrogen) atoms. The molecule has 4 nitrogen and oxygen atoms in total. The van der Waals surface area contributed by atoms with Gasteiger partial charge in [0.2, 0.25) is 0 Å². The Balaban J connectivity index is 2.06. The van der Waals surface area contributed by atoms with E-state index in [1.165, 1.54) is 4.90 Å². The maximum absolute atomic E-state index is 12.0. The quantitative estimate of drug-likeness (QED) is 0.890. The van der Waals surface area contributed by atoms with Crippen LogP contribution in [0.25, 0.3) is 0 Å². The van der Waals surface area contributed by atoms with Gasteiger partial charge in [-0.25, -0.2) is 4.79 Å². The number of benzene rings is 2. The van der Waals surface area contributed by atoms with Crippen LogP contribution in [0, 0.1) is 11.3 Å². The maximum atomic E-state index is 12.0. The normalized spacial score (nSPS) is 9.47. The van der Waals surface area contributed by atoms with Crippen LogP contribution in [0.15, 0.2) is 54.6 Å². The van der Waals surface area contributed by atoms with Gasteiger partial charge in [-0.05, 0) is 36.4 Å². The van der Waals surface area contributed by atoms with Crippen molar-refractivity contribution in [2.75, 3.05) is 17.3 Å². The molecule has 0 aromatic heterocycles. The highest BCUT2D eigenvalue weighted by molar-refractivity contribution is 6.01. The van der Waals surface area contributed by atoms with Crippen molar-refractivity contribution in [3.63, 3.8) is 0 Å². The summed E-state index contributed by atoms with van der Waals surface area (Å²) in [6.07, 6.45) is 0. The standard InChI is InChI=1S/C15H13N3O/c1-18(14-5-3-2-4-6-14)15(19)17-13-9-7-12(11-16)8-10-13/h2-10H,1H3,(H,17,19). The molecule has 0 fully saturated rings. The fraction of sp³-hybridized carbons (Fsp3) is 0.0667. The maximum Gasteiger partial charge on any atom is 0.326 e. The Bertz CT molecular complexity index is 600. The minimum absolute atomic E-state index is 0.226. The SMILES string of the molecule is CN(C(=O)Nc1ccc(C#N)cc1)c1ccccc1. The first kappa shape index (κ1) is 12.7. The fourth-order valence-electron chi connectivity index (χ4n) is 1.60. The molecule has 2 amide bonds. The summed E-state index contributed by atoms with van der Waals surface area (Å²) in [6, 6.07) is 17.9. The lowest BCUT2D eigenvalue weighted by atomic mass is 10.2. The van der Waals surface area contributed by atoms with Gasteiger partial charge in [0.1, 0.15) is 0 Å². The average Bonchev–Trinajstić information content (AvgIpc) is 2.48. The summed E-state index contributed by atoms with van der Waals surface area (Å²) in [4.78, 5) is 13.5. The second kappa shape index (κ2) is 5.69. The molecule has 0 heterocycles. The molecular formula is C15H13N3O. The van der Waals surface area contributed by atoms with Crippen molar-refractivity contribution >= 4 is 17.4 Å². The first-order valence-corrected chi connectivity index (χ1v) is 5.80. The summed E-state index contributed by atoms with van der Waals surface area (Å²) in [7, 11) is 1.70. The van der Waals surface area contributed by atoms with E-state index in [1.807, 2.05) is 36.4 Å². The number of nitrogens with zero attached hydrogens (tertiary/aromatic N) is 2. The minimum Gasteiger partial charge on any atom is -0.308 e. The van der Waals surface area contributed by atoms with Gasteiger partial charge < -0.3 is 5.32 Å². The highest BCUT2D eigenvalue weighted by atomic mass is 16.2. The van der Waals surface area contributed by atoms with Crippen LogP contribution in [0.2, 0.25) is 0 Å². The summed E-state index contributed by atoms with van der Waals surface area (Å²) in [6.45, 7) is 0. The van der Waals surface area contributed by atoms with Crippen molar-refractivity contribution in [1.29, 1.82) is 5.26 Å². The molecule has 94 valence electrons. The van der Waals surface area contributed by atoms with Crippen molar-refractivity contribution in [1.82, 2.24) is 0 Å². The summed E-state index contributed by atoms with van der Waals surface area (Å²) in [5.41, 5.74) is 2.04. The van der Waals surface area contributed by atoms with Crippen LogP contribution >= 0.6 is 0 Å². The second-order valence-corrected chi connectivity index (χ2v) is 4.01. The highest BCUT2D eigenvalue weighted by Gasteiger charge is 2.10. The van der Waals surface area contributed by atoms with E-state index < -0.39 is 0 Å². The molecule has 0 bridgehead atoms. The molecule has 0 spiro atoms. The number of para-hydroxylation sites is 1. The molecule has 0 unspecified atom stereocenters. The van der Waals surface area contributed by atoms with Gasteiger partial charge in [0, 0.05) is 18.4 Å². The smallest absolute Gasteiger partial charge is 0.308 e. The number of carbonyl (C=O) groups excluding carboxylic acids is 1. The topological polar surface area (TPSA) is 56.1 Å². The number of hydrogen-bond donors (Lipinski definition) is 1. The van der Waals surface area contributed by atoms with Gasteiger partial charge in [-0.3, -0.25) is 4.90 Å². The number of nitriles is 1. The molecule has 0 aliphatic carbocycles. The molecule has 0 atom stereocenters. The summed E-state index contributed by atoms with van der Waals surface area (Å²) < 4.78 is 0. The predicted octanol–water partition coefficient (Wildman–Crippen LogP) is 3.23. The number of nitrogens with one attached hydrogen (secondary N) is 1. The molecule has 2 aromatic rings. The van der Waals surface area contributed by atoms with E-state index >= 15 is 0 Å². The average molecular weight is 251 g/mol. The fourth-order valence-corrected chi connectivity index (χ4v) is 1.60. The lowest BCUT2D eigenvalue weighted by Gasteiger charge is -2.17. The van der Waals surface area contributed by atoms with E-state index in [9.17, 15) is 4.79 Å². The number of amides is 2. The Morgan fingerprint density at radius 3 is 2.32 bits per heavy atom. The molecule has 2 rings (SSSR count). The van der Waals surface area contributed by atoms with Crippen LogP contribution in [0.4, 0.5) is 16.2 Å². The zero-order valence-corrected chi connectivity index (χ0v) is 10.5. The summed E-state index contributed by atoms with van der Waals surface area (Å²) in [5.74, 6) is 0. The van der Waals surface area contributed by atoms with Crippen LogP contribution < -0.4 is 10.2 Å². The van der Waals surface area contributed by atoms with Crippen LogP contribution in [0.5, 0.6) is 0 Å². The Kier molecular flexibility index (Phi) is 3.79. The van der Waals surface area contributed by atoms with E-state index in [0.29, 0.717) is 11.3 Å². The first-order valence-electron chi connectivity index (χ1n) is 5.80. The van der Waals surface area contributed by atoms with Crippen molar-refractivity contribution in [3.05, 3.63) is 60.2 Å². The largest absolute Gasteiger partial charge is 0.326 e. The third-order valence-electron chi connectivity index (χ3n) is 2.71. The molecule has 0 aliphatic heterocycles. The Labute approximate surface area is 111 Å². The van der Waals surface area contributed by atoms with Gasteiger partial charge in [-0.15, -0.1) is 0 Å². The highest BCUT2D eigenvalue weighted by Crippen LogP contribution is 2.14. The molecule has 2 aromatic carbocycles. The monoisotopic (exact) mass is 251 g/mol. The number of hydrogen-bond acceptors (Lipinski definition) is 2. The van der Waals surface area contributed by atoms with E-state index in [2.05, 4.69) is 5.32 Å². The zero-order valence-electron chi connectivity index (χ0n) is 10.5. The Hall–Kier alpha value is -2.80. The minimum atomic E-state index is -0.226. The van der Waals surface area contributed by atoms with Gasteiger partial charge in [-0.1, -0.05) is 18.2 Å². The van der Waals surface area contributed by atoms with Gasteiger partial charge in [-0.2, -0.15) is 5.26 Å². The van der Waals surface area contributed by atoms with Crippen LogP contribution in [-0.4, -0.2) is 13.1 Å². The van der Waals surface area contributed by atoms with Crippen molar-refractivity contribution in [3.8, 4) is 6.07 Å². The number of anilines is 2. The van der Waals surface area contributed by atoms with Crippen LogP contribution in [0.1, 0.15) is 5.56 Å². The molecule has 0 saturated heterocycles. The Morgan fingerprint density at radius 1 is 1.11 bits per heavy atom. The molecule has 0 radical (unpaired) electrons. The Morgan fingerprint density at radius 2 is 1.74 bits per heavy atom. The first-order chi connectivity index (χ1) is 9.20. The third kappa shape index (κ3) is 3.11. The van der Waals surface area contributed by atoms with E-state index in [1.54, 1.807) is 31.3 Å². The van der Waals surface area contributed by atoms with Gasteiger partial charge in [0.05, 0.1) is 11.6 Å². The lowest BCUT2D eigenvalue weighted by molar-refractivity contribution is 0.258. The third-order valence-corrected chi connectivity index (χ3v) is 2.71. The van der Waals surface area contributed by atoms with E-state index in [0.717, 1.165) is 5.69 Å². The second-order valence-electron chi connectivity index (χ2n) is 4.01. The van der Waals surface area contributed by atoms with Crippen molar-refractivity contribution in [2.24, 2.45) is 0 Å². The van der Waals surface area contributed by atoms with Gasteiger partial charge in [0.25, 0.3) is 0 Å². The van der Waals surface area contributed by atoms with Crippen molar-refractivity contribution in [2.45, 2.75) is 0 Å². The molecular weight excluding hydrogens is 238 g/mol. The predicted molar refractivity (Wildman–Crippen MR) is 75.0 cm³/mol. The van der Waals surface area contributed by atoms with Gasteiger partial charge in [0.15, 0.2) is 0 Å².